The van der Waals surface area contributed by atoms with Crippen LogP contribution < -0.4 is 5.32 Å². The molecule has 9 heteroatoms. The monoisotopic (exact) mass is 440 g/mol. The third-order valence-corrected chi connectivity index (χ3v) is 5.93. The first-order valence-corrected chi connectivity index (χ1v) is 10.6. The van der Waals surface area contributed by atoms with Crippen LogP contribution in [0.1, 0.15) is 5.69 Å². The van der Waals surface area contributed by atoms with Gasteiger partial charge in [-0.1, -0.05) is 48.2 Å². The molecule has 32 heavy (non-hydrogen) atoms. The van der Waals surface area contributed by atoms with Gasteiger partial charge in [0.1, 0.15) is 6.33 Å². The van der Waals surface area contributed by atoms with Crippen LogP contribution >= 0.6 is 11.8 Å². The smallest absolute Gasteiger partial charge is 0.333 e. The Bertz CT molecular complexity index is 1490. The molecule has 0 saturated carbocycles. The number of aromatic nitrogens is 4. The maximum atomic E-state index is 12.0. The Morgan fingerprint density at radius 2 is 1.69 bits per heavy atom. The quantitative estimate of drug-likeness (QED) is 0.211. The number of nitrogens with one attached hydrogen (secondary N) is 1. The molecular formula is C23H16N6O2S. The van der Waals surface area contributed by atoms with Crippen LogP contribution in [0.2, 0.25) is 0 Å². The van der Waals surface area contributed by atoms with Gasteiger partial charge in [0.2, 0.25) is 5.82 Å². The molecule has 0 radical (unpaired) electrons. The summed E-state index contributed by atoms with van der Waals surface area (Å²) >= 11 is 1.19. The highest BCUT2D eigenvalue weighted by molar-refractivity contribution is 7.99. The second kappa shape index (κ2) is 8.20. The Morgan fingerprint density at radius 3 is 2.53 bits per heavy atom. The second-order valence-electron chi connectivity index (χ2n) is 7.02. The zero-order valence-electron chi connectivity index (χ0n) is 16.9. The number of anilines is 2. The highest BCUT2D eigenvalue weighted by Crippen LogP contribution is 2.40. The fourth-order valence-corrected chi connectivity index (χ4v) is 4.42. The Morgan fingerprint density at radius 1 is 0.906 bits per heavy atom. The lowest BCUT2D eigenvalue weighted by Crippen LogP contribution is -2.03. The van der Waals surface area contributed by atoms with Crippen molar-refractivity contribution < 1.29 is 4.92 Å². The molecule has 0 aliphatic heterocycles. The second-order valence-corrected chi connectivity index (χ2v) is 8.05. The molecule has 0 aliphatic carbocycles. The summed E-state index contributed by atoms with van der Waals surface area (Å²) in [5.41, 5.74) is 2.76. The molecular weight excluding hydrogens is 424 g/mol. The van der Waals surface area contributed by atoms with Crippen LogP contribution in [0.5, 0.6) is 0 Å². The summed E-state index contributed by atoms with van der Waals surface area (Å²) in [5, 5.41) is 17.3. The van der Waals surface area contributed by atoms with Crippen molar-refractivity contribution in [3.05, 3.63) is 89.0 Å². The minimum atomic E-state index is -0.465. The molecule has 0 amide bonds. The summed E-state index contributed by atoms with van der Waals surface area (Å²) in [6.45, 7) is 1.90. The van der Waals surface area contributed by atoms with Gasteiger partial charge in [-0.3, -0.25) is 20.1 Å². The van der Waals surface area contributed by atoms with Gasteiger partial charge < -0.3 is 5.32 Å². The lowest BCUT2D eigenvalue weighted by Gasteiger charge is -2.11. The molecule has 1 N–H and O–H groups in total. The molecule has 0 atom stereocenters. The highest BCUT2D eigenvalue weighted by Gasteiger charge is 2.25. The van der Waals surface area contributed by atoms with E-state index in [9.17, 15) is 10.1 Å². The summed E-state index contributed by atoms with van der Waals surface area (Å²) in [5.74, 6) is 0.108. The molecule has 0 bridgehead atoms. The van der Waals surface area contributed by atoms with E-state index in [-0.39, 0.29) is 16.5 Å². The summed E-state index contributed by atoms with van der Waals surface area (Å²) in [4.78, 5) is 29.7. The zero-order chi connectivity index (χ0) is 22.1. The molecule has 0 saturated heterocycles. The van der Waals surface area contributed by atoms with Crippen molar-refractivity contribution in [3.8, 4) is 0 Å². The molecule has 0 fully saturated rings. The molecule has 5 aromatic rings. The number of hydrogen-bond acceptors (Lipinski definition) is 8. The molecule has 8 nitrogen and oxygen atoms in total. The number of nitro groups is 1. The largest absolute Gasteiger partial charge is 0.343 e. The molecule has 0 unspecified atom stereocenters. The maximum Gasteiger partial charge on any atom is 0.343 e. The first-order valence-electron chi connectivity index (χ1n) is 9.74. The predicted molar refractivity (Wildman–Crippen MR) is 124 cm³/mol. The molecule has 2 aromatic carbocycles. The van der Waals surface area contributed by atoms with Crippen molar-refractivity contribution in [2.24, 2.45) is 0 Å². The van der Waals surface area contributed by atoms with Gasteiger partial charge in [0.25, 0.3) is 0 Å². The number of aryl methyl sites for hydroxylation is 1. The molecule has 0 spiro atoms. The number of nitrogens with zero attached hydrogens (tertiary/aromatic N) is 5. The summed E-state index contributed by atoms with van der Waals surface area (Å²) in [6, 6.07) is 19.0. The van der Waals surface area contributed by atoms with Gasteiger partial charge in [-0.2, -0.15) is 0 Å². The van der Waals surface area contributed by atoms with Gasteiger partial charge in [-0.05, 0) is 31.2 Å². The Labute approximate surface area is 186 Å². The van der Waals surface area contributed by atoms with E-state index in [2.05, 4.69) is 25.3 Å². The summed E-state index contributed by atoms with van der Waals surface area (Å²) < 4.78 is 0. The number of rotatable bonds is 5. The molecule has 156 valence electrons. The van der Waals surface area contributed by atoms with E-state index in [4.69, 9.17) is 0 Å². The van der Waals surface area contributed by atoms with Crippen molar-refractivity contribution in [2.75, 3.05) is 5.32 Å². The zero-order valence-corrected chi connectivity index (χ0v) is 17.7. The normalized spacial score (nSPS) is 11.0. The number of para-hydroxylation sites is 2. The fourth-order valence-electron chi connectivity index (χ4n) is 3.43. The van der Waals surface area contributed by atoms with E-state index in [1.54, 1.807) is 6.20 Å². The van der Waals surface area contributed by atoms with E-state index in [0.717, 1.165) is 26.9 Å². The lowest BCUT2D eigenvalue weighted by atomic mass is 10.1. The van der Waals surface area contributed by atoms with Gasteiger partial charge in [-0.25, -0.2) is 9.97 Å². The minimum absolute atomic E-state index is 0.108. The molecule has 3 aromatic heterocycles. The summed E-state index contributed by atoms with van der Waals surface area (Å²) in [6.07, 6.45) is 3.02. The van der Waals surface area contributed by atoms with E-state index >= 15 is 0 Å². The van der Waals surface area contributed by atoms with E-state index in [1.807, 2.05) is 67.6 Å². The Hall–Kier alpha value is -4.11. The standard InChI is InChI=1S/C23H16N6O2S/c1-14-10-11-16-5-2-8-17(19(16)27-14)28-22-21(29(30)31)23(26-13-25-22)32-18-9-3-6-15-7-4-12-24-20(15)18/h2-13H,1H3,(H,25,26,28). The third kappa shape index (κ3) is 3.69. The van der Waals surface area contributed by atoms with Crippen LogP contribution in [0.25, 0.3) is 21.8 Å². The van der Waals surface area contributed by atoms with Gasteiger partial charge in [0, 0.05) is 27.6 Å². The SMILES string of the molecule is Cc1ccc2cccc(Nc3ncnc(Sc4cccc5cccnc45)c3[N+](=O)[O-])c2n1. The highest BCUT2D eigenvalue weighted by atomic mass is 32.2. The van der Waals surface area contributed by atoms with Crippen LogP contribution in [0, 0.1) is 17.0 Å². The molecule has 0 aliphatic rings. The minimum Gasteiger partial charge on any atom is -0.333 e. The van der Waals surface area contributed by atoms with Crippen molar-refractivity contribution in [2.45, 2.75) is 16.8 Å². The van der Waals surface area contributed by atoms with Crippen LogP contribution in [0.15, 0.2) is 83.1 Å². The van der Waals surface area contributed by atoms with Crippen LogP contribution in [0.4, 0.5) is 17.2 Å². The van der Waals surface area contributed by atoms with Crippen LogP contribution in [-0.2, 0) is 0 Å². The number of benzene rings is 2. The van der Waals surface area contributed by atoms with E-state index in [1.165, 1.54) is 18.1 Å². The van der Waals surface area contributed by atoms with Crippen LogP contribution in [-0.4, -0.2) is 24.9 Å². The van der Waals surface area contributed by atoms with Gasteiger partial charge in [-0.15, -0.1) is 0 Å². The number of hydrogen-bond donors (Lipinski definition) is 1. The fraction of sp³-hybridized carbons (Fsp3) is 0.0435. The van der Waals surface area contributed by atoms with Gasteiger partial charge in [0.05, 0.1) is 21.6 Å². The number of fused-ring (bicyclic) bond motifs is 2. The lowest BCUT2D eigenvalue weighted by molar-refractivity contribution is -0.387. The maximum absolute atomic E-state index is 12.0. The first-order chi connectivity index (χ1) is 15.6. The summed E-state index contributed by atoms with van der Waals surface area (Å²) in [7, 11) is 0. The average molecular weight is 440 g/mol. The van der Waals surface area contributed by atoms with E-state index < -0.39 is 4.92 Å². The topological polar surface area (TPSA) is 107 Å². The van der Waals surface area contributed by atoms with Crippen LogP contribution in [0.3, 0.4) is 0 Å². The van der Waals surface area contributed by atoms with E-state index in [0.29, 0.717) is 11.2 Å². The Balaban J connectivity index is 1.59. The molecule has 5 rings (SSSR count). The Kier molecular flexibility index (Phi) is 5.08. The number of pyridine rings is 2. The molecule has 3 heterocycles. The third-order valence-electron chi connectivity index (χ3n) is 4.89. The van der Waals surface area contributed by atoms with Crippen molar-refractivity contribution in [1.29, 1.82) is 0 Å². The van der Waals surface area contributed by atoms with Crippen molar-refractivity contribution >= 4 is 50.8 Å². The average Bonchev–Trinajstić information content (AvgIpc) is 2.80. The predicted octanol–water partition coefficient (Wildman–Crippen LogP) is 5.68. The first kappa shape index (κ1) is 19.8. The van der Waals surface area contributed by atoms with Crippen molar-refractivity contribution in [3.63, 3.8) is 0 Å². The van der Waals surface area contributed by atoms with Gasteiger partial charge in [0.15, 0.2) is 5.03 Å². The van der Waals surface area contributed by atoms with Crippen molar-refractivity contribution in [1.82, 2.24) is 19.9 Å². The van der Waals surface area contributed by atoms with Gasteiger partial charge >= 0.3 is 5.69 Å².